The summed E-state index contributed by atoms with van der Waals surface area (Å²) in [6.07, 6.45) is 4.82. The fourth-order valence-electron chi connectivity index (χ4n) is 3.15. The fraction of sp³-hybridized carbons (Fsp3) is 0.263. The minimum Gasteiger partial charge on any atom is -0.477 e. The van der Waals surface area contributed by atoms with Crippen LogP contribution in [0.5, 0.6) is 0 Å². The summed E-state index contributed by atoms with van der Waals surface area (Å²) in [5.74, 6) is -2.24. The van der Waals surface area contributed by atoms with Gasteiger partial charge >= 0.3 is 5.97 Å². The van der Waals surface area contributed by atoms with Gasteiger partial charge < -0.3 is 21.0 Å². The highest BCUT2D eigenvalue weighted by molar-refractivity contribution is 8.02. The van der Waals surface area contributed by atoms with E-state index < -0.39 is 29.2 Å². The Morgan fingerprint density at radius 3 is 2.86 bits per heavy atom. The maximum Gasteiger partial charge on any atom is 0.352 e. The van der Waals surface area contributed by atoms with E-state index in [0.29, 0.717) is 16.5 Å². The number of β-lactam (4-membered cyclic amide) rings is 1. The van der Waals surface area contributed by atoms with Crippen molar-refractivity contribution in [2.45, 2.75) is 23.5 Å². The second kappa shape index (κ2) is 10.8. The lowest BCUT2D eigenvalue weighted by molar-refractivity contribution is -0.150. The van der Waals surface area contributed by atoms with Crippen molar-refractivity contribution in [1.82, 2.24) is 29.5 Å². The van der Waals surface area contributed by atoms with Gasteiger partial charge in [0.1, 0.15) is 23.7 Å². The van der Waals surface area contributed by atoms with Gasteiger partial charge in [0.15, 0.2) is 10.3 Å². The topological polar surface area (TPSA) is 186 Å². The number of carboxylic acids is 1. The quantitative estimate of drug-likeness (QED) is 0.135. The van der Waals surface area contributed by atoms with E-state index in [1.165, 1.54) is 28.4 Å². The molecule has 2 aliphatic heterocycles. The number of allylic oxidation sites excluding steroid dienone is 1. The Balaban J connectivity index is 1.49. The van der Waals surface area contributed by atoms with Gasteiger partial charge in [-0.15, -0.1) is 11.8 Å². The summed E-state index contributed by atoms with van der Waals surface area (Å²) in [5.41, 5.74) is 5.69. The number of oxime groups is 1. The Bertz CT molecular complexity index is 1230. The predicted octanol–water partition coefficient (Wildman–Crippen LogP) is 0.695. The molecule has 4 N–H and O–H groups in total. The van der Waals surface area contributed by atoms with Crippen molar-refractivity contribution in [3.63, 3.8) is 0 Å². The molecule has 2 atom stereocenters. The molecular formula is C19H18N8O5S3. The predicted molar refractivity (Wildman–Crippen MR) is 129 cm³/mol. The average Bonchev–Trinajstić information content (AvgIpc) is 3.28. The van der Waals surface area contributed by atoms with Crippen molar-refractivity contribution >= 4 is 63.7 Å². The van der Waals surface area contributed by atoms with Crippen molar-refractivity contribution in [1.29, 1.82) is 0 Å². The molecule has 0 radical (unpaired) electrons. The molecular weight excluding hydrogens is 516 g/mol. The summed E-state index contributed by atoms with van der Waals surface area (Å²) in [7, 11) is 0. The Hall–Kier alpha value is -3.50. The van der Waals surface area contributed by atoms with E-state index in [9.17, 15) is 19.5 Å². The number of nitrogens with zero attached hydrogens (tertiary/aromatic N) is 6. The molecule has 0 aromatic carbocycles. The van der Waals surface area contributed by atoms with Gasteiger partial charge in [0.25, 0.3) is 11.8 Å². The molecule has 16 heteroatoms. The summed E-state index contributed by atoms with van der Waals surface area (Å²) in [6, 6.07) is 0.734. The molecule has 1 unspecified atom stereocenters. The van der Waals surface area contributed by atoms with Crippen LogP contribution in [0.1, 0.15) is 12.7 Å². The summed E-state index contributed by atoms with van der Waals surface area (Å²) >= 11 is 3.43. The highest BCUT2D eigenvalue weighted by Crippen LogP contribution is 2.41. The number of hydrogen-bond donors (Lipinski definition) is 3. The number of nitrogens with one attached hydrogen (secondary N) is 1. The number of nitrogens with two attached hydrogens (primary N) is 1. The van der Waals surface area contributed by atoms with Gasteiger partial charge in [0.05, 0.1) is 0 Å². The van der Waals surface area contributed by atoms with Crippen molar-refractivity contribution in [3.05, 3.63) is 47.0 Å². The van der Waals surface area contributed by atoms with E-state index in [-0.39, 0.29) is 29.0 Å². The molecule has 1 fully saturated rings. The molecule has 4 heterocycles. The van der Waals surface area contributed by atoms with Crippen molar-refractivity contribution < 1.29 is 24.3 Å². The molecule has 1 saturated heterocycles. The number of carbonyl (C=O) groups is 3. The zero-order chi connectivity index (χ0) is 24.9. The Kier molecular flexibility index (Phi) is 7.62. The maximum atomic E-state index is 12.9. The molecule has 13 nitrogen and oxygen atoms in total. The highest BCUT2D eigenvalue weighted by atomic mass is 32.2. The van der Waals surface area contributed by atoms with Gasteiger partial charge in [-0.1, -0.05) is 16.9 Å². The molecule has 35 heavy (non-hydrogen) atoms. The second-order valence-electron chi connectivity index (χ2n) is 6.81. The molecule has 2 aliphatic rings. The van der Waals surface area contributed by atoms with E-state index in [2.05, 4.69) is 29.8 Å². The smallest absolute Gasteiger partial charge is 0.352 e. The monoisotopic (exact) mass is 534 g/mol. The van der Waals surface area contributed by atoms with E-state index in [0.717, 1.165) is 11.5 Å². The molecule has 0 bridgehead atoms. The van der Waals surface area contributed by atoms with Gasteiger partial charge in [0, 0.05) is 29.7 Å². The third-order valence-electron chi connectivity index (χ3n) is 4.63. The van der Waals surface area contributed by atoms with Crippen LogP contribution in [-0.2, 0) is 19.2 Å². The first-order chi connectivity index (χ1) is 16.9. The van der Waals surface area contributed by atoms with Crippen molar-refractivity contribution in [2.75, 3.05) is 18.1 Å². The number of amides is 2. The van der Waals surface area contributed by atoms with Crippen LogP contribution in [0.25, 0.3) is 0 Å². The van der Waals surface area contributed by atoms with Gasteiger partial charge in [-0.2, -0.15) is 9.36 Å². The first-order valence-electron chi connectivity index (χ1n) is 10.0. The lowest BCUT2D eigenvalue weighted by Crippen LogP contribution is -2.71. The minimum absolute atomic E-state index is 0.0307. The van der Waals surface area contributed by atoms with Crippen LogP contribution in [0.3, 0.4) is 0 Å². The number of aromatic nitrogens is 4. The van der Waals surface area contributed by atoms with Gasteiger partial charge in [-0.05, 0) is 30.0 Å². The first kappa shape index (κ1) is 24.6. The number of carbonyl (C=O) groups excluding carboxylic acids is 2. The molecule has 2 aromatic rings. The van der Waals surface area contributed by atoms with E-state index in [4.69, 9.17) is 10.6 Å². The Morgan fingerprint density at radius 2 is 2.20 bits per heavy atom. The summed E-state index contributed by atoms with van der Waals surface area (Å²) in [6.45, 7) is 1.88. The third-order valence-corrected chi connectivity index (χ3v) is 7.16. The highest BCUT2D eigenvalue weighted by Gasteiger charge is 2.54. The van der Waals surface area contributed by atoms with Crippen molar-refractivity contribution in [3.8, 4) is 0 Å². The molecule has 2 aromatic heterocycles. The SMILES string of the molecule is CCO/N=C(\C(=O)NC1C(=O)N2C(C(=O)O)=C(/C=C/Sc3ncccn3)CS[C@H]12)c1nsc(N)n1. The number of nitrogen functional groups attached to an aromatic ring is 1. The zero-order valence-corrected chi connectivity index (χ0v) is 20.5. The number of rotatable bonds is 9. The van der Waals surface area contributed by atoms with Crippen molar-refractivity contribution in [2.24, 2.45) is 5.16 Å². The largest absolute Gasteiger partial charge is 0.477 e. The summed E-state index contributed by atoms with van der Waals surface area (Å²) < 4.78 is 3.97. The zero-order valence-electron chi connectivity index (χ0n) is 18.0. The standard InChI is InChI=1S/C19H18N8O5S3/c1-2-32-25-10(13-24-18(20)35-26-13)14(28)23-11-15(29)27-12(17(30)31)9(8-34-16(11)27)4-7-33-19-21-5-3-6-22-19/h3-7,11,16H,2,8H2,1H3,(H,23,28)(H,30,31)(H2,20,24,26)/b7-4+,25-10-/t11?,16-/m1/s1. The molecule has 0 spiro atoms. The van der Waals surface area contributed by atoms with E-state index in [1.54, 1.807) is 36.9 Å². The van der Waals surface area contributed by atoms with Crippen LogP contribution in [0.4, 0.5) is 5.13 Å². The lowest BCUT2D eigenvalue weighted by atomic mass is 10.0. The van der Waals surface area contributed by atoms with Crippen LogP contribution in [0, 0.1) is 0 Å². The summed E-state index contributed by atoms with van der Waals surface area (Å²) in [4.78, 5) is 56.0. The molecule has 0 saturated carbocycles. The number of carboxylic acid groups (broad SMARTS) is 1. The van der Waals surface area contributed by atoms with E-state index >= 15 is 0 Å². The molecule has 0 aliphatic carbocycles. The Morgan fingerprint density at radius 1 is 1.43 bits per heavy atom. The van der Waals surface area contributed by atoms with Crippen LogP contribution in [-0.4, -0.2) is 76.6 Å². The lowest BCUT2D eigenvalue weighted by Gasteiger charge is -2.49. The number of anilines is 1. The third kappa shape index (κ3) is 5.28. The second-order valence-corrected chi connectivity index (χ2v) is 9.57. The number of hydrogen-bond acceptors (Lipinski definition) is 13. The minimum atomic E-state index is -1.24. The average molecular weight is 535 g/mol. The molecule has 4 rings (SSSR count). The molecule has 182 valence electrons. The maximum absolute atomic E-state index is 12.9. The normalized spacial score (nSPS) is 20.0. The van der Waals surface area contributed by atoms with Gasteiger partial charge in [-0.3, -0.25) is 14.5 Å². The number of fused-ring (bicyclic) bond motifs is 1. The van der Waals surface area contributed by atoms with Gasteiger partial charge in [0.2, 0.25) is 11.5 Å². The molecule has 2 amide bonds. The van der Waals surface area contributed by atoms with Crippen LogP contribution < -0.4 is 11.1 Å². The van der Waals surface area contributed by atoms with E-state index in [1.807, 2.05) is 0 Å². The van der Waals surface area contributed by atoms with Crippen LogP contribution >= 0.6 is 35.1 Å². The number of thioether (sulfide) groups is 2. The van der Waals surface area contributed by atoms with Crippen LogP contribution in [0.15, 0.2) is 51.5 Å². The summed E-state index contributed by atoms with van der Waals surface area (Å²) in [5, 5.41) is 17.9. The first-order valence-corrected chi connectivity index (χ1v) is 12.7. The fourth-order valence-corrected chi connectivity index (χ4v) is 5.50. The van der Waals surface area contributed by atoms with Gasteiger partial charge in [-0.25, -0.2) is 14.8 Å². The Labute approximate surface area is 211 Å². The van der Waals surface area contributed by atoms with Crippen LogP contribution in [0.2, 0.25) is 0 Å². The number of aliphatic carboxylic acids is 1.